The van der Waals surface area contributed by atoms with Crippen LogP contribution in [0.3, 0.4) is 0 Å². The van der Waals surface area contributed by atoms with Crippen molar-refractivity contribution < 1.29 is 9.13 Å². The lowest BCUT2D eigenvalue weighted by atomic mass is 9.85. The molecule has 2 aliphatic rings. The van der Waals surface area contributed by atoms with Crippen molar-refractivity contribution in [2.75, 3.05) is 5.32 Å². The Bertz CT molecular complexity index is 1290. The maximum atomic E-state index is 14.1. The molecule has 4 aromatic rings. The minimum atomic E-state index is -0.527. The van der Waals surface area contributed by atoms with Gasteiger partial charge in [0.05, 0.1) is 5.70 Å². The zero-order valence-corrected chi connectivity index (χ0v) is 15.6. The molecule has 0 spiro atoms. The number of hydrogen-bond acceptors (Lipinski definition) is 6. The molecule has 4 heterocycles. The Morgan fingerprint density at radius 2 is 1.90 bits per heavy atom. The van der Waals surface area contributed by atoms with Gasteiger partial charge in [0.25, 0.3) is 0 Å². The molecule has 7 nitrogen and oxygen atoms in total. The van der Waals surface area contributed by atoms with Gasteiger partial charge in [-0.1, -0.05) is 35.4 Å². The van der Waals surface area contributed by atoms with E-state index in [2.05, 4.69) is 25.8 Å². The fourth-order valence-electron chi connectivity index (χ4n) is 4.14. The van der Waals surface area contributed by atoms with Crippen molar-refractivity contribution in [2.45, 2.75) is 12.1 Å². The normalized spacial score (nSPS) is 19.2. The quantitative estimate of drug-likeness (QED) is 0.554. The molecule has 0 amide bonds. The van der Waals surface area contributed by atoms with E-state index in [1.165, 1.54) is 12.1 Å². The summed E-state index contributed by atoms with van der Waals surface area (Å²) < 4.78 is 22.2. The van der Waals surface area contributed by atoms with E-state index in [1.54, 1.807) is 23.1 Å². The molecule has 0 saturated heterocycles. The first-order valence-corrected chi connectivity index (χ1v) is 9.50. The molecule has 0 bridgehead atoms. The summed E-state index contributed by atoms with van der Waals surface area (Å²) in [6.07, 6.45) is 2.98. The van der Waals surface area contributed by atoms with Crippen LogP contribution in [-0.2, 0) is 0 Å². The van der Waals surface area contributed by atoms with Crippen molar-refractivity contribution >= 4 is 11.6 Å². The van der Waals surface area contributed by atoms with E-state index in [9.17, 15) is 4.39 Å². The Kier molecular flexibility index (Phi) is 3.64. The fourth-order valence-corrected chi connectivity index (χ4v) is 4.14. The Morgan fingerprint density at radius 3 is 2.77 bits per heavy atom. The van der Waals surface area contributed by atoms with Crippen molar-refractivity contribution in [3.8, 4) is 5.75 Å². The van der Waals surface area contributed by atoms with E-state index >= 15 is 0 Å². The molecular formula is C22H15FN6O. The maximum Gasteiger partial charge on any atom is 0.248 e. The number of nitrogens with one attached hydrogen (secondary N) is 1. The average molecular weight is 398 g/mol. The number of fused-ring (bicyclic) bond motifs is 3. The van der Waals surface area contributed by atoms with Crippen molar-refractivity contribution in [1.29, 1.82) is 0 Å². The van der Waals surface area contributed by atoms with Gasteiger partial charge in [-0.15, -0.1) is 0 Å². The van der Waals surface area contributed by atoms with Gasteiger partial charge < -0.3 is 10.1 Å². The number of pyridine rings is 1. The number of rotatable bonds is 2. The number of hydrogen-bond donors (Lipinski definition) is 1. The molecule has 2 aromatic heterocycles. The molecule has 2 atom stereocenters. The first-order valence-electron chi connectivity index (χ1n) is 9.50. The minimum Gasteiger partial charge on any atom is -0.480 e. The second-order valence-electron chi connectivity index (χ2n) is 7.14. The predicted molar refractivity (Wildman–Crippen MR) is 107 cm³/mol. The highest BCUT2D eigenvalue weighted by Crippen LogP contribution is 2.50. The molecule has 0 radical (unpaired) electrons. The fraction of sp³-hybridized carbons (Fsp3) is 0.0909. The van der Waals surface area contributed by atoms with Gasteiger partial charge in [-0.25, -0.2) is 4.39 Å². The van der Waals surface area contributed by atoms with Gasteiger partial charge in [0, 0.05) is 23.5 Å². The van der Waals surface area contributed by atoms with Crippen molar-refractivity contribution in [3.05, 3.63) is 101 Å². The number of ether oxygens (including phenoxy) is 1. The molecular weight excluding hydrogens is 383 g/mol. The topological polar surface area (TPSA) is 77.8 Å². The summed E-state index contributed by atoms with van der Waals surface area (Å²) in [4.78, 5) is 4.29. The molecule has 2 aromatic carbocycles. The number of benzene rings is 2. The Labute approximate surface area is 170 Å². The zero-order chi connectivity index (χ0) is 20.1. The van der Waals surface area contributed by atoms with Crippen LogP contribution in [0.1, 0.15) is 28.8 Å². The van der Waals surface area contributed by atoms with Gasteiger partial charge >= 0.3 is 0 Å². The molecule has 0 saturated carbocycles. The zero-order valence-electron chi connectivity index (χ0n) is 15.6. The summed E-state index contributed by atoms with van der Waals surface area (Å²) in [5.74, 6) is 0.920. The second-order valence-corrected chi connectivity index (χ2v) is 7.14. The number of para-hydroxylation sites is 1. The highest BCUT2D eigenvalue weighted by molar-refractivity contribution is 5.85. The van der Waals surface area contributed by atoms with Crippen LogP contribution in [0.5, 0.6) is 5.75 Å². The lowest BCUT2D eigenvalue weighted by Crippen LogP contribution is -2.32. The van der Waals surface area contributed by atoms with E-state index in [0.29, 0.717) is 17.3 Å². The third-order valence-corrected chi connectivity index (χ3v) is 5.39. The number of halogens is 1. The minimum absolute atomic E-state index is 0.318. The van der Waals surface area contributed by atoms with E-state index in [1.807, 2.05) is 42.5 Å². The van der Waals surface area contributed by atoms with E-state index < -0.39 is 6.10 Å². The number of nitrogens with zero attached hydrogens (tertiary/aromatic N) is 5. The summed E-state index contributed by atoms with van der Waals surface area (Å²) in [6, 6.07) is 17.7. The standard InChI is InChI=1S/C22H15FN6O/c23-15-7-3-5-13(11-15)21-18-19(16-8-1-2-9-17(16)30-21)25-22-26-27-28-29(22)20(18)14-6-4-10-24-12-14/h1-12,20-21H,(H,25,26,28)/t20-,21+/m1/s1. The highest BCUT2D eigenvalue weighted by atomic mass is 19.1. The van der Waals surface area contributed by atoms with Crippen LogP contribution in [-0.4, -0.2) is 25.2 Å². The highest BCUT2D eigenvalue weighted by Gasteiger charge is 2.41. The van der Waals surface area contributed by atoms with E-state index in [0.717, 1.165) is 22.4 Å². The van der Waals surface area contributed by atoms with Crippen LogP contribution in [0.25, 0.3) is 5.70 Å². The average Bonchev–Trinajstić information content (AvgIpc) is 3.26. The van der Waals surface area contributed by atoms with Crippen LogP contribution < -0.4 is 10.1 Å². The van der Waals surface area contributed by atoms with Crippen LogP contribution in [0.4, 0.5) is 10.3 Å². The van der Waals surface area contributed by atoms with Crippen molar-refractivity contribution in [3.63, 3.8) is 0 Å². The van der Waals surface area contributed by atoms with Gasteiger partial charge in [0.2, 0.25) is 5.95 Å². The van der Waals surface area contributed by atoms with Gasteiger partial charge in [0.15, 0.2) is 0 Å². The van der Waals surface area contributed by atoms with Gasteiger partial charge in [-0.3, -0.25) is 4.98 Å². The Morgan fingerprint density at radius 1 is 1.00 bits per heavy atom. The third-order valence-electron chi connectivity index (χ3n) is 5.39. The van der Waals surface area contributed by atoms with Crippen LogP contribution >= 0.6 is 0 Å². The number of anilines is 1. The summed E-state index contributed by atoms with van der Waals surface area (Å²) >= 11 is 0. The molecule has 146 valence electrons. The summed E-state index contributed by atoms with van der Waals surface area (Å²) in [6.45, 7) is 0. The molecule has 8 heteroatoms. The monoisotopic (exact) mass is 398 g/mol. The largest absolute Gasteiger partial charge is 0.480 e. The second kappa shape index (κ2) is 6.48. The van der Waals surface area contributed by atoms with Gasteiger partial charge in [-0.05, 0) is 51.9 Å². The van der Waals surface area contributed by atoms with Crippen LogP contribution in [0, 0.1) is 5.82 Å². The molecule has 0 fully saturated rings. The first-order chi connectivity index (χ1) is 14.8. The molecule has 1 N–H and O–H groups in total. The summed E-state index contributed by atoms with van der Waals surface area (Å²) in [7, 11) is 0. The molecule has 0 aliphatic carbocycles. The van der Waals surface area contributed by atoms with E-state index in [-0.39, 0.29) is 11.9 Å². The maximum absolute atomic E-state index is 14.1. The number of aromatic nitrogens is 5. The summed E-state index contributed by atoms with van der Waals surface area (Å²) in [5, 5.41) is 15.6. The SMILES string of the molecule is Fc1cccc([C@@H]2Oc3ccccc3C3=C2[C@@H](c2cccnc2)n2nnnc2N3)c1. The van der Waals surface area contributed by atoms with Gasteiger partial charge in [0.1, 0.15) is 23.7 Å². The lowest BCUT2D eigenvalue weighted by molar-refractivity contribution is 0.222. The van der Waals surface area contributed by atoms with Crippen molar-refractivity contribution in [2.24, 2.45) is 0 Å². The van der Waals surface area contributed by atoms with Gasteiger partial charge in [-0.2, -0.15) is 4.68 Å². The predicted octanol–water partition coefficient (Wildman–Crippen LogP) is 3.77. The van der Waals surface area contributed by atoms with E-state index in [4.69, 9.17) is 4.74 Å². The Balaban J connectivity index is 1.64. The molecule has 6 rings (SSSR count). The third kappa shape index (κ3) is 2.50. The molecule has 0 unspecified atom stereocenters. The first kappa shape index (κ1) is 16.8. The smallest absolute Gasteiger partial charge is 0.248 e. The molecule has 30 heavy (non-hydrogen) atoms. The lowest BCUT2D eigenvalue weighted by Gasteiger charge is -2.38. The van der Waals surface area contributed by atoms with Crippen LogP contribution in [0.15, 0.2) is 78.6 Å². The Hall–Kier alpha value is -4.07. The van der Waals surface area contributed by atoms with Crippen LogP contribution in [0.2, 0.25) is 0 Å². The number of tetrazole rings is 1. The van der Waals surface area contributed by atoms with Crippen molar-refractivity contribution in [1.82, 2.24) is 25.2 Å². The molecule has 2 aliphatic heterocycles. The summed E-state index contributed by atoms with van der Waals surface area (Å²) in [5.41, 5.74) is 4.28.